The lowest BCUT2D eigenvalue weighted by Crippen LogP contribution is -2.38. The molecule has 1 amide bonds. The van der Waals surface area contributed by atoms with Crippen molar-refractivity contribution in [3.63, 3.8) is 0 Å². The van der Waals surface area contributed by atoms with Gasteiger partial charge in [0.25, 0.3) is 5.91 Å². The van der Waals surface area contributed by atoms with Gasteiger partial charge in [0, 0.05) is 7.05 Å². The van der Waals surface area contributed by atoms with Crippen molar-refractivity contribution in [3.05, 3.63) is 29.3 Å². The predicted molar refractivity (Wildman–Crippen MR) is 59.4 cm³/mol. The Balaban J connectivity index is 3.17. The average Bonchev–Trinajstić information content (AvgIpc) is 2.32. The van der Waals surface area contributed by atoms with E-state index in [9.17, 15) is 13.6 Å². The van der Waals surface area contributed by atoms with E-state index in [4.69, 9.17) is 10.8 Å². The summed E-state index contributed by atoms with van der Waals surface area (Å²) < 4.78 is 27.0. The molecule has 1 aromatic carbocycles. The zero-order valence-corrected chi connectivity index (χ0v) is 9.58. The molecule has 1 rings (SSSR count). The van der Waals surface area contributed by atoms with Crippen LogP contribution in [0.4, 0.5) is 14.5 Å². The summed E-state index contributed by atoms with van der Waals surface area (Å²) >= 11 is 0. The number of carbonyl (C=O) groups excluding carboxylic acids is 1. The highest BCUT2D eigenvalue weighted by Crippen LogP contribution is 2.20. The largest absolute Gasteiger partial charge is 0.396 e. The van der Waals surface area contributed by atoms with Gasteiger partial charge in [-0.05, 0) is 19.1 Å². The van der Waals surface area contributed by atoms with Crippen LogP contribution in [0.25, 0.3) is 0 Å². The Morgan fingerprint density at radius 1 is 1.53 bits per heavy atom. The average molecular weight is 244 g/mol. The van der Waals surface area contributed by atoms with Crippen molar-refractivity contribution >= 4 is 11.6 Å². The molecule has 0 bridgehead atoms. The fourth-order valence-electron chi connectivity index (χ4n) is 1.26. The van der Waals surface area contributed by atoms with Crippen LogP contribution < -0.4 is 5.73 Å². The number of nitrogens with zero attached hydrogens (tertiary/aromatic N) is 1. The second-order valence-corrected chi connectivity index (χ2v) is 3.77. The summed E-state index contributed by atoms with van der Waals surface area (Å²) in [7, 11) is 1.35. The van der Waals surface area contributed by atoms with E-state index in [0.717, 1.165) is 17.0 Å². The molecule has 1 unspecified atom stereocenters. The molecule has 0 aliphatic carbocycles. The molecule has 1 atom stereocenters. The van der Waals surface area contributed by atoms with Crippen LogP contribution in [0.2, 0.25) is 0 Å². The summed E-state index contributed by atoms with van der Waals surface area (Å²) in [5.41, 5.74) is 4.28. The molecule has 4 nitrogen and oxygen atoms in total. The van der Waals surface area contributed by atoms with Gasteiger partial charge in [0.15, 0.2) is 5.82 Å². The normalized spacial score (nSPS) is 12.3. The van der Waals surface area contributed by atoms with Crippen molar-refractivity contribution < 1.29 is 18.7 Å². The standard InChI is InChI=1S/C11H14F2N2O2/c1-6(5-16)15(2)11(17)9-7(12)3-4-8(14)10(9)13/h3-4,6,16H,5,14H2,1-2H3. The van der Waals surface area contributed by atoms with E-state index in [2.05, 4.69) is 0 Å². The van der Waals surface area contributed by atoms with Crippen LogP contribution in [-0.4, -0.2) is 35.6 Å². The summed E-state index contributed by atoms with van der Waals surface area (Å²) in [4.78, 5) is 12.9. The number of anilines is 1. The summed E-state index contributed by atoms with van der Waals surface area (Å²) in [6.45, 7) is 1.26. The maximum absolute atomic E-state index is 13.6. The van der Waals surface area contributed by atoms with Gasteiger partial charge < -0.3 is 15.7 Å². The Morgan fingerprint density at radius 3 is 2.65 bits per heavy atom. The molecule has 0 aliphatic heterocycles. The number of rotatable bonds is 3. The summed E-state index contributed by atoms with van der Waals surface area (Å²) in [5, 5.41) is 8.89. The van der Waals surface area contributed by atoms with Crippen LogP contribution in [-0.2, 0) is 0 Å². The predicted octanol–water partition coefficient (Wildman–Crippen LogP) is 1.000. The van der Waals surface area contributed by atoms with Crippen molar-refractivity contribution in [2.24, 2.45) is 0 Å². The summed E-state index contributed by atoms with van der Waals surface area (Å²) in [6.07, 6.45) is 0. The summed E-state index contributed by atoms with van der Waals surface area (Å²) in [5.74, 6) is -2.90. The first-order chi connectivity index (χ1) is 7.90. The Labute approximate surface area is 97.6 Å². The highest BCUT2D eigenvalue weighted by atomic mass is 19.1. The van der Waals surface area contributed by atoms with Gasteiger partial charge in [0.1, 0.15) is 11.4 Å². The molecular formula is C11H14F2N2O2. The smallest absolute Gasteiger partial charge is 0.259 e. The van der Waals surface area contributed by atoms with Gasteiger partial charge in [-0.15, -0.1) is 0 Å². The number of nitrogens with two attached hydrogens (primary N) is 1. The molecule has 0 saturated carbocycles. The number of benzene rings is 1. The minimum atomic E-state index is -1.08. The van der Waals surface area contributed by atoms with Gasteiger partial charge in [0.05, 0.1) is 18.3 Å². The van der Waals surface area contributed by atoms with Gasteiger partial charge in [-0.25, -0.2) is 8.78 Å². The number of hydrogen-bond acceptors (Lipinski definition) is 3. The third-order valence-corrected chi connectivity index (χ3v) is 2.58. The molecule has 94 valence electrons. The van der Waals surface area contributed by atoms with Crippen LogP contribution in [0, 0.1) is 11.6 Å². The number of likely N-dealkylation sites (N-methyl/N-ethyl adjacent to an activating group) is 1. The molecule has 0 aromatic heterocycles. The molecule has 0 spiro atoms. The fourth-order valence-corrected chi connectivity index (χ4v) is 1.26. The molecule has 0 saturated heterocycles. The Hall–Kier alpha value is -1.69. The highest BCUT2D eigenvalue weighted by Gasteiger charge is 2.24. The minimum Gasteiger partial charge on any atom is -0.396 e. The third-order valence-electron chi connectivity index (χ3n) is 2.58. The quantitative estimate of drug-likeness (QED) is 0.779. The summed E-state index contributed by atoms with van der Waals surface area (Å²) in [6, 6.07) is 1.45. The minimum absolute atomic E-state index is 0.292. The second-order valence-electron chi connectivity index (χ2n) is 3.77. The number of halogens is 2. The first-order valence-electron chi connectivity index (χ1n) is 5.01. The molecular weight excluding hydrogens is 230 g/mol. The van der Waals surface area contributed by atoms with Crippen molar-refractivity contribution in [3.8, 4) is 0 Å². The van der Waals surface area contributed by atoms with E-state index >= 15 is 0 Å². The van der Waals surface area contributed by atoms with Gasteiger partial charge in [-0.3, -0.25) is 4.79 Å². The molecule has 3 N–H and O–H groups in total. The lowest BCUT2D eigenvalue weighted by atomic mass is 10.1. The number of aliphatic hydroxyl groups is 1. The van der Waals surface area contributed by atoms with E-state index in [-0.39, 0.29) is 12.3 Å². The van der Waals surface area contributed by atoms with Crippen LogP contribution in [0.5, 0.6) is 0 Å². The molecule has 0 fully saturated rings. The molecule has 0 aliphatic rings. The second kappa shape index (κ2) is 5.09. The zero-order chi connectivity index (χ0) is 13.2. The van der Waals surface area contributed by atoms with E-state index in [1.807, 2.05) is 0 Å². The lowest BCUT2D eigenvalue weighted by Gasteiger charge is -2.23. The Kier molecular flexibility index (Phi) is 4.01. The number of carbonyl (C=O) groups is 1. The first-order valence-corrected chi connectivity index (χ1v) is 5.01. The monoisotopic (exact) mass is 244 g/mol. The molecule has 1 aromatic rings. The van der Waals surface area contributed by atoms with Crippen molar-refractivity contribution in [1.29, 1.82) is 0 Å². The van der Waals surface area contributed by atoms with Gasteiger partial charge in [-0.1, -0.05) is 0 Å². The Bertz CT molecular complexity index is 438. The van der Waals surface area contributed by atoms with E-state index in [1.165, 1.54) is 7.05 Å². The van der Waals surface area contributed by atoms with Crippen LogP contribution in [0.15, 0.2) is 12.1 Å². The topological polar surface area (TPSA) is 66.6 Å². The van der Waals surface area contributed by atoms with Crippen molar-refractivity contribution in [2.45, 2.75) is 13.0 Å². The maximum atomic E-state index is 13.6. The first kappa shape index (κ1) is 13.4. The van der Waals surface area contributed by atoms with E-state index in [0.29, 0.717) is 0 Å². The molecule has 0 radical (unpaired) electrons. The number of amides is 1. The lowest BCUT2D eigenvalue weighted by molar-refractivity contribution is 0.0672. The Morgan fingerprint density at radius 2 is 2.12 bits per heavy atom. The van der Waals surface area contributed by atoms with Crippen LogP contribution in [0.1, 0.15) is 17.3 Å². The SMILES string of the molecule is CC(CO)N(C)C(=O)c1c(F)ccc(N)c1F. The maximum Gasteiger partial charge on any atom is 0.259 e. The molecule has 17 heavy (non-hydrogen) atoms. The number of aliphatic hydroxyl groups excluding tert-OH is 1. The van der Waals surface area contributed by atoms with Crippen LogP contribution in [0.3, 0.4) is 0 Å². The molecule has 0 heterocycles. The third kappa shape index (κ3) is 2.52. The molecule has 6 heteroatoms. The highest BCUT2D eigenvalue weighted by molar-refractivity contribution is 5.95. The fraction of sp³-hybridized carbons (Fsp3) is 0.364. The van der Waals surface area contributed by atoms with Crippen molar-refractivity contribution in [1.82, 2.24) is 4.90 Å². The van der Waals surface area contributed by atoms with E-state index < -0.39 is 29.1 Å². The van der Waals surface area contributed by atoms with Crippen molar-refractivity contribution in [2.75, 3.05) is 19.4 Å². The van der Waals surface area contributed by atoms with Crippen LogP contribution >= 0.6 is 0 Å². The van der Waals surface area contributed by atoms with Gasteiger partial charge in [-0.2, -0.15) is 0 Å². The van der Waals surface area contributed by atoms with E-state index in [1.54, 1.807) is 6.92 Å². The van der Waals surface area contributed by atoms with Gasteiger partial charge in [0.2, 0.25) is 0 Å². The number of hydrogen-bond donors (Lipinski definition) is 2. The van der Waals surface area contributed by atoms with Gasteiger partial charge >= 0.3 is 0 Å². The zero-order valence-electron chi connectivity index (χ0n) is 9.58. The number of nitrogen functional groups attached to an aromatic ring is 1.